The summed E-state index contributed by atoms with van der Waals surface area (Å²) in [5, 5.41) is 0. The van der Waals surface area contributed by atoms with Crippen LogP contribution in [0.3, 0.4) is 0 Å². The number of para-hydroxylation sites is 1. The zero-order valence-corrected chi connectivity index (χ0v) is 14.1. The van der Waals surface area contributed by atoms with Crippen LogP contribution >= 0.6 is 15.9 Å². The Hall–Kier alpha value is -1.88. The summed E-state index contributed by atoms with van der Waals surface area (Å²) in [7, 11) is 1.64. The van der Waals surface area contributed by atoms with E-state index in [0.29, 0.717) is 17.6 Å². The van der Waals surface area contributed by atoms with Crippen LogP contribution in [0.25, 0.3) is 0 Å². The highest BCUT2D eigenvalue weighted by Crippen LogP contribution is 2.22. The van der Waals surface area contributed by atoms with E-state index in [4.69, 9.17) is 4.74 Å². The normalized spacial score (nSPS) is 10.4. The van der Waals surface area contributed by atoms with Crippen LogP contribution in [0.15, 0.2) is 46.9 Å². The molecule has 0 N–H and O–H groups in total. The van der Waals surface area contributed by atoms with Crippen LogP contribution in [0.2, 0.25) is 0 Å². The summed E-state index contributed by atoms with van der Waals surface area (Å²) in [5.41, 5.74) is 0.932. The lowest BCUT2D eigenvalue weighted by molar-refractivity contribution is 0.0779. The summed E-state index contributed by atoms with van der Waals surface area (Å²) in [6.07, 6.45) is 0. The Balaban J connectivity index is 2.20. The van der Waals surface area contributed by atoms with E-state index in [2.05, 4.69) is 15.9 Å². The van der Waals surface area contributed by atoms with Gasteiger partial charge < -0.3 is 9.64 Å². The predicted molar refractivity (Wildman–Crippen MR) is 87.5 cm³/mol. The van der Waals surface area contributed by atoms with Crippen LogP contribution < -0.4 is 4.74 Å². The molecule has 116 valence electrons. The summed E-state index contributed by atoms with van der Waals surface area (Å²) in [6.45, 7) is 2.80. The molecule has 0 aliphatic heterocycles. The molecule has 0 aromatic heterocycles. The van der Waals surface area contributed by atoms with E-state index in [1.165, 1.54) is 17.0 Å². The number of carbonyl (C=O) groups excluding carboxylic acids is 1. The number of carbonyl (C=O) groups is 1. The Morgan fingerprint density at radius 3 is 2.73 bits per heavy atom. The first kappa shape index (κ1) is 16.5. The summed E-state index contributed by atoms with van der Waals surface area (Å²) in [6, 6.07) is 11.8. The second kappa shape index (κ2) is 7.40. The van der Waals surface area contributed by atoms with Gasteiger partial charge in [0.2, 0.25) is 0 Å². The minimum absolute atomic E-state index is 0.0470. The van der Waals surface area contributed by atoms with E-state index in [1.54, 1.807) is 13.1 Å². The lowest BCUT2D eigenvalue weighted by atomic mass is 10.1. The molecule has 0 fully saturated rings. The highest BCUT2D eigenvalue weighted by atomic mass is 79.9. The first-order valence-electron chi connectivity index (χ1n) is 6.94. The Labute approximate surface area is 137 Å². The molecule has 1 amide bonds. The first-order chi connectivity index (χ1) is 10.5. The van der Waals surface area contributed by atoms with Gasteiger partial charge in [0.25, 0.3) is 5.91 Å². The zero-order valence-electron chi connectivity index (χ0n) is 12.5. The van der Waals surface area contributed by atoms with Crippen LogP contribution in [0, 0.1) is 5.82 Å². The molecule has 0 aliphatic carbocycles. The minimum atomic E-state index is -0.529. The van der Waals surface area contributed by atoms with Crippen LogP contribution in [-0.4, -0.2) is 24.5 Å². The number of rotatable bonds is 5. The van der Waals surface area contributed by atoms with Gasteiger partial charge in [-0.2, -0.15) is 0 Å². The third kappa shape index (κ3) is 3.85. The van der Waals surface area contributed by atoms with Gasteiger partial charge in [0.1, 0.15) is 11.6 Å². The monoisotopic (exact) mass is 365 g/mol. The molecule has 0 saturated heterocycles. The van der Waals surface area contributed by atoms with Crippen LogP contribution in [0.1, 0.15) is 22.8 Å². The molecule has 0 saturated carbocycles. The van der Waals surface area contributed by atoms with Crippen molar-refractivity contribution in [3.05, 3.63) is 63.9 Å². The number of amides is 1. The third-order valence-corrected chi connectivity index (χ3v) is 3.68. The van der Waals surface area contributed by atoms with Crippen molar-refractivity contribution in [1.82, 2.24) is 4.90 Å². The quantitative estimate of drug-likeness (QED) is 0.792. The fourth-order valence-corrected chi connectivity index (χ4v) is 2.49. The van der Waals surface area contributed by atoms with Gasteiger partial charge in [0, 0.05) is 23.6 Å². The highest BCUT2D eigenvalue weighted by molar-refractivity contribution is 9.10. The Morgan fingerprint density at radius 1 is 1.27 bits per heavy atom. The molecule has 2 aromatic rings. The first-order valence-corrected chi connectivity index (χ1v) is 7.73. The van der Waals surface area contributed by atoms with Crippen molar-refractivity contribution in [1.29, 1.82) is 0 Å². The number of nitrogens with zero attached hydrogens (tertiary/aromatic N) is 1. The maximum absolute atomic E-state index is 13.8. The molecule has 0 radical (unpaired) electrons. The van der Waals surface area contributed by atoms with E-state index < -0.39 is 5.82 Å². The molecular weight excluding hydrogens is 349 g/mol. The van der Waals surface area contributed by atoms with Crippen LogP contribution in [0.4, 0.5) is 4.39 Å². The molecule has 2 aromatic carbocycles. The van der Waals surface area contributed by atoms with E-state index in [1.807, 2.05) is 31.2 Å². The Morgan fingerprint density at radius 2 is 2.00 bits per heavy atom. The fraction of sp³-hybridized carbons (Fsp3) is 0.235. The summed E-state index contributed by atoms with van der Waals surface area (Å²) in [4.78, 5) is 13.9. The smallest absolute Gasteiger partial charge is 0.256 e. The number of halogens is 2. The van der Waals surface area contributed by atoms with Gasteiger partial charge in [-0.25, -0.2) is 4.39 Å². The van der Waals surface area contributed by atoms with Crippen molar-refractivity contribution < 1.29 is 13.9 Å². The molecular formula is C17H17BrFNO2. The average Bonchev–Trinajstić information content (AvgIpc) is 2.51. The number of ether oxygens (including phenoxy) is 1. The zero-order chi connectivity index (χ0) is 16.1. The Bertz CT molecular complexity index is 675. The largest absolute Gasteiger partial charge is 0.494 e. The van der Waals surface area contributed by atoms with Crippen LogP contribution in [0.5, 0.6) is 5.75 Å². The second-order valence-corrected chi connectivity index (χ2v) is 5.74. The van der Waals surface area contributed by atoms with Gasteiger partial charge in [0.05, 0.1) is 12.2 Å². The molecule has 22 heavy (non-hydrogen) atoms. The molecule has 3 nitrogen and oxygen atoms in total. The molecule has 0 atom stereocenters. The van der Waals surface area contributed by atoms with E-state index in [-0.39, 0.29) is 11.5 Å². The molecule has 0 unspecified atom stereocenters. The van der Waals surface area contributed by atoms with Crippen molar-refractivity contribution in [2.75, 3.05) is 13.7 Å². The van der Waals surface area contributed by atoms with Gasteiger partial charge >= 0.3 is 0 Å². The molecule has 5 heteroatoms. The molecule has 0 spiro atoms. The van der Waals surface area contributed by atoms with Crippen molar-refractivity contribution in [3.63, 3.8) is 0 Å². The fourth-order valence-electron chi connectivity index (χ4n) is 2.13. The minimum Gasteiger partial charge on any atom is -0.494 e. The van der Waals surface area contributed by atoms with Gasteiger partial charge in [-0.15, -0.1) is 0 Å². The molecule has 2 rings (SSSR count). The molecule has 0 bridgehead atoms. The summed E-state index contributed by atoms with van der Waals surface area (Å²) >= 11 is 3.26. The number of hydrogen-bond acceptors (Lipinski definition) is 2. The van der Waals surface area contributed by atoms with E-state index >= 15 is 0 Å². The standard InChI is InChI=1S/C17H17BrFNO2/c1-3-22-16-7-5-4-6-12(16)11-20(2)17(21)14-10-13(18)8-9-15(14)19/h4-10H,3,11H2,1-2H3. The molecule has 0 heterocycles. The predicted octanol–water partition coefficient (Wildman–Crippen LogP) is 4.26. The van der Waals surface area contributed by atoms with Gasteiger partial charge in [-0.1, -0.05) is 34.1 Å². The van der Waals surface area contributed by atoms with Gasteiger partial charge in [0.15, 0.2) is 0 Å². The summed E-state index contributed by atoms with van der Waals surface area (Å²) in [5.74, 6) is -0.164. The van der Waals surface area contributed by atoms with Crippen molar-refractivity contribution in [3.8, 4) is 5.75 Å². The Kier molecular flexibility index (Phi) is 5.55. The average molecular weight is 366 g/mol. The molecule has 0 aliphatic rings. The second-order valence-electron chi connectivity index (χ2n) is 4.83. The van der Waals surface area contributed by atoms with Crippen molar-refractivity contribution >= 4 is 21.8 Å². The lowest BCUT2D eigenvalue weighted by Crippen LogP contribution is -2.27. The third-order valence-electron chi connectivity index (χ3n) is 3.19. The summed E-state index contributed by atoms with van der Waals surface area (Å²) < 4.78 is 20.0. The highest BCUT2D eigenvalue weighted by Gasteiger charge is 2.18. The van der Waals surface area contributed by atoms with Gasteiger partial charge in [-0.3, -0.25) is 4.79 Å². The van der Waals surface area contributed by atoms with Crippen LogP contribution in [-0.2, 0) is 6.54 Å². The van der Waals surface area contributed by atoms with Crippen molar-refractivity contribution in [2.45, 2.75) is 13.5 Å². The number of hydrogen-bond donors (Lipinski definition) is 0. The van der Waals surface area contributed by atoms with E-state index in [9.17, 15) is 9.18 Å². The van der Waals surface area contributed by atoms with Gasteiger partial charge in [-0.05, 0) is 31.2 Å². The SMILES string of the molecule is CCOc1ccccc1CN(C)C(=O)c1cc(Br)ccc1F. The topological polar surface area (TPSA) is 29.5 Å². The lowest BCUT2D eigenvalue weighted by Gasteiger charge is -2.19. The van der Waals surface area contributed by atoms with E-state index in [0.717, 1.165) is 11.3 Å². The van der Waals surface area contributed by atoms with Crippen molar-refractivity contribution in [2.24, 2.45) is 0 Å². The number of benzene rings is 2. The maximum Gasteiger partial charge on any atom is 0.256 e. The maximum atomic E-state index is 13.8.